The number of benzene rings is 1. The molecule has 0 fully saturated rings. The maximum atomic E-state index is 8.54. The lowest BCUT2D eigenvalue weighted by atomic mass is 10.1. The molecule has 1 aromatic rings. The van der Waals surface area contributed by atoms with Crippen LogP contribution in [0.15, 0.2) is 24.3 Å². The van der Waals surface area contributed by atoms with Gasteiger partial charge in [0.05, 0.1) is 19.1 Å². The van der Waals surface area contributed by atoms with Crippen molar-refractivity contribution in [3.63, 3.8) is 0 Å². The van der Waals surface area contributed by atoms with Gasteiger partial charge in [-0.15, -0.1) is 0 Å². The molecule has 3 heteroatoms. The zero-order valence-electron chi connectivity index (χ0n) is 9.52. The molecule has 0 amide bonds. The Hall–Kier alpha value is -1.14. The van der Waals surface area contributed by atoms with E-state index in [1.54, 1.807) is 0 Å². The molecule has 1 aromatic carbocycles. The zero-order valence-corrected chi connectivity index (χ0v) is 10.4. The van der Waals surface area contributed by atoms with Crippen LogP contribution < -0.4 is 4.74 Å². The van der Waals surface area contributed by atoms with Gasteiger partial charge in [-0.2, -0.15) is 17.9 Å². The molecule has 1 rings (SSSR count). The Kier molecular flexibility index (Phi) is 5.81. The molecule has 0 saturated heterocycles. The van der Waals surface area contributed by atoms with Crippen LogP contribution >= 0.6 is 12.6 Å². The van der Waals surface area contributed by atoms with Gasteiger partial charge in [0.15, 0.2) is 0 Å². The number of hydrogen-bond acceptors (Lipinski definition) is 3. The van der Waals surface area contributed by atoms with Crippen LogP contribution in [0.4, 0.5) is 0 Å². The Morgan fingerprint density at radius 3 is 2.56 bits per heavy atom. The molecule has 0 aliphatic rings. The predicted octanol–water partition coefficient (Wildman–Crippen LogP) is 3.09. The lowest BCUT2D eigenvalue weighted by Gasteiger charge is -2.13. The van der Waals surface area contributed by atoms with Crippen LogP contribution in [0.3, 0.4) is 0 Å². The number of nitriles is 1. The quantitative estimate of drug-likeness (QED) is 0.769. The van der Waals surface area contributed by atoms with Gasteiger partial charge in [-0.1, -0.05) is 19.1 Å². The summed E-state index contributed by atoms with van der Waals surface area (Å²) in [6, 6.07) is 9.81. The highest BCUT2D eigenvalue weighted by atomic mass is 32.1. The Labute approximate surface area is 103 Å². The van der Waals surface area contributed by atoms with E-state index in [2.05, 4.69) is 25.6 Å². The van der Waals surface area contributed by atoms with E-state index in [0.29, 0.717) is 18.9 Å². The molecule has 86 valence electrons. The molecule has 0 aromatic heterocycles. The van der Waals surface area contributed by atoms with Crippen LogP contribution in [0.1, 0.15) is 18.9 Å². The molecule has 0 radical (unpaired) electrons. The van der Waals surface area contributed by atoms with Crippen molar-refractivity contribution in [2.75, 3.05) is 12.4 Å². The molecular formula is C13H17NOS. The van der Waals surface area contributed by atoms with E-state index in [4.69, 9.17) is 10.00 Å². The lowest BCUT2D eigenvalue weighted by molar-refractivity contribution is 0.259. The van der Waals surface area contributed by atoms with Crippen molar-refractivity contribution < 1.29 is 4.74 Å². The maximum Gasteiger partial charge on any atom is 0.119 e. The highest BCUT2D eigenvalue weighted by Gasteiger charge is 2.04. The third-order valence-electron chi connectivity index (χ3n) is 2.53. The van der Waals surface area contributed by atoms with Gasteiger partial charge in [-0.3, -0.25) is 0 Å². The third kappa shape index (κ3) is 4.16. The topological polar surface area (TPSA) is 33.0 Å². The minimum Gasteiger partial charge on any atom is -0.493 e. The van der Waals surface area contributed by atoms with Crippen molar-refractivity contribution in [2.24, 2.45) is 5.92 Å². The van der Waals surface area contributed by atoms with Crippen molar-refractivity contribution in [3.05, 3.63) is 29.8 Å². The van der Waals surface area contributed by atoms with Crippen molar-refractivity contribution in [2.45, 2.75) is 19.8 Å². The first-order valence-corrected chi connectivity index (χ1v) is 6.13. The summed E-state index contributed by atoms with van der Waals surface area (Å²) < 4.78 is 5.65. The van der Waals surface area contributed by atoms with Gasteiger partial charge in [-0.05, 0) is 29.9 Å². The van der Waals surface area contributed by atoms with E-state index in [9.17, 15) is 0 Å². The first-order valence-electron chi connectivity index (χ1n) is 5.49. The minimum atomic E-state index is 0.453. The van der Waals surface area contributed by atoms with Crippen LogP contribution in [0, 0.1) is 17.2 Å². The normalized spacial score (nSPS) is 11.8. The summed E-state index contributed by atoms with van der Waals surface area (Å²) in [5, 5.41) is 8.54. The first kappa shape index (κ1) is 12.9. The van der Waals surface area contributed by atoms with Gasteiger partial charge in [-0.25, -0.2) is 0 Å². The first-order chi connectivity index (χ1) is 7.80. The molecule has 0 N–H and O–H groups in total. The van der Waals surface area contributed by atoms with Gasteiger partial charge >= 0.3 is 0 Å². The van der Waals surface area contributed by atoms with Crippen LogP contribution in [-0.4, -0.2) is 12.4 Å². The van der Waals surface area contributed by atoms with Gasteiger partial charge in [0.25, 0.3) is 0 Å². The average molecular weight is 235 g/mol. The van der Waals surface area contributed by atoms with Gasteiger partial charge < -0.3 is 4.74 Å². The fourth-order valence-electron chi connectivity index (χ4n) is 1.31. The molecule has 0 aliphatic heterocycles. The van der Waals surface area contributed by atoms with Crippen molar-refractivity contribution >= 4 is 12.6 Å². The summed E-state index contributed by atoms with van der Waals surface area (Å²) in [5.41, 5.74) is 1.02. The number of hydrogen-bond donors (Lipinski definition) is 1. The molecule has 16 heavy (non-hydrogen) atoms. The molecule has 0 spiro atoms. The van der Waals surface area contributed by atoms with Crippen molar-refractivity contribution in [1.82, 2.24) is 0 Å². The lowest BCUT2D eigenvalue weighted by Crippen LogP contribution is -2.12. The molecular weight excluding hydrogens is 218 g/mol. The second kappa shape index (κ2) is 7.19. The third-order valence-corrected chi connectivity index (χ3v) is 3.04. The van der Waals surface area contributed by atoms with Crippen LogP contribution in [-0.2, 0) is 6.42 Å². The number of rotatable bonds is 6. The van der Waals surface area contributed by atoms with Crippen LogP contribution in [0.2, 0.25) is 0 Å². The van der Waals surface area contributed by atoms with E-state index < -0.39 is 0 Å². The summed E-state index contributed by atoms with van der Waals surface area (Å²) >= 11 is 4.27. The largest absolute Gasteiger partial charge is 0.493 e. The predicted molar refractivity (Wildman–Crippen MR) is 68.9 cm³/mol. The molecule has 2 nitrogen and oxygen atoms in total. The SMILES string of the molecule is CCC(CS)COc1ccc(CC#N)cc1. The number of ether oxygens (including phenoxy) is 1. The van der Waals surface area contributed by atoms with Gasteiger partial charge in [0, 0.05) is 5.92 Å². The fourth-order valence-corrected chi connectivity index (χ4v) is 1.67. The van der Waals surface area contributed by atoms with Gasteiger partial charge in [0.1, 0.15) is 5.75 Å². The average Bonchev–Trinajstić information content (AvgIpc) is 2.33. The Morgan fingerprint density at radius 2 is 2.06 bits per heavy atom. The summed E-state index contributed by atoms with van der Waals surface area (Å²) in [6.45, 7) is 2.85. The molecule has 1 unspecified atom stereocenters. The number of nitrogens with zero attached hydrogens (tertiary/aromatic N) is 1. The highest BCUT2D eigenvalue weighted by molar-refractivity contribution is 7.80. The maximum absolute atomic E-state index is 8.54. The summed E-state index contributed by atoms with van der Waals surface area (Å²) in [4.78, 5) is 0. The van der Waals surface area contributed by atoms with E-state index in [0.717, 1.165) is 23.5 Å². The van der Waals surface area contributed by atoms with Crippen LogP contribution in [0.25, 0.3) is 0 Å². The molecule has 0 heterocycles. The summed E-state index contributed by atoms with van der Waals surface area (Å²) in [5.74, 6) is 2.22. The van der Waals surface area contributed by atoms with E-state index >= 15 is 0 Å². The standard InChI is InChI=1S/C13H17NOS/c1-2-11(10-16)9-15-13-5-3-12(4-6-13)7-8-14/h3-6,11,16H,2,7,9-10H2,1H3. The molecule has 0 aliphatic carbocycles. The van der Waals surface area contributed by atoms with Gasteiger partial charge in [0.2, 0.25) is 0 Å². The summed E-state index contributed by atoms with van der Waals surface area (Å²) in [7, 11) is 0. The monoisotopic (exact) mass is 235 g/mol. The van der Waals surface area contributed by atoms with E-state index in [1.165, 1.54) is 0 Å². The molecule has 0 bridgehead atoms. The van der Waals surface area contributed by atoms with E-state index in [-0.39, 0.29) is 0 Å². The Bertz CT molecular complexity index is 338. The zero-order chi connectivity index (χ0) is 11.8. The van der Waals surface area contributed by atoms with Crippen molar-refractivity contribution in [1.29, 1.82) is 5.26 Å². The molecule has 0 saturated carbocycles. The van der Waals surface area contributed by atoms with Crippen LogP contribution in [0.5, 0.6) is 5.75 Å². The Balaban J connectivity index is 2.46. The highest BCUT2D eigenvalue weighted by Crippen LogP contribution is 2.14. The van der Waals surface area contributed by atoms with Crippen molar-refractivity contribution in [3.8, 4) is 11.8 Å². The second-order valence-corrected chi connectivity index (χ2v) is 4.11. The Morgan fingerprint density at radius 1 is 1.38 bits per heavy atom. The fraction of sp³-hybridized carbons (Fsp3) is 0.462. The molecule has 1 atom stereocenters. The second-order valence-electron chi connectivity index (χ2n) is 3.75. The smallest absolute Gasteiger partial charge is 0.119 e. The van der Waals surface area contributed by atoms with E-state index in [1.807, 2.05) is 24.3 Å². The summed E-state index contributed by atoms with van der Waals surface area (Å²) in [6.07, 6.45) is 1.53. The minimum absolute atomic E-state index is 0.453. The number of thiol groups is 1.